The van der Waals surface area contributed by atoms with E-state index in [-0.39, 0.29) is 18.0 Å². The van der Waals surface area contributed by atoms with Gasteiger partial charge in [0.1, 0.15) is 5.75 Å². The van der Waals surface area contributed by atoms with Crippen molar-refractivity contribution in [2.45, 2.75) is 18.5 Å². The number of fused-ring (bicyclic) bond motifs is 3. The average Bonchev–Trinajstić information content (AvgIpc) is 3.18. The van der Waals surface area contributed by atoms with Crippen molar-refractivity contribution in [3.05, 3.63) is 95.7 Å². The van der Waals surface area contributed by atoms with Crippen LogP contribution in [0.1, 0.15) is 22.9 Å². The van der Waals surface area contributed by atoms with Gasteiger partial charge in [-0.1, -0.05) is 36.4 Å². The summed E-state index contributed by atoms with van der Waals surface area (Å²) in [5.41, 5.74) is 5.47. The number of quaternary nitrogens is 1. The number of nitrogens with one attached hydrogen (secondary N) is 2. The number of benzene rings is 3. The van der Waals surface area contributed by atoms with Crippen LogP contribution in [0.15, 0.2) is 78.9 Å². The first-order valence-corrected chi connectivity index (χ1v) is 10.2. The van der Waals surface area contributed by atoms with Crippen molar-refractivity contribution >= 4 is 22.5 Å². The summed E-state index contributed by atoms with van der Waals surface area (Å²) in [5, 5.41) is 6.43. The molecule has 150 valence electrons. The summed E-state index contributed by atoms with van der Waals surface area (Å²) < 4.78 is 5.32. The number of hydrogen-bond donors (Lipinski definition) is 3. The van der Waals surface area contributed by atoms with Crippen LogP contribution in [0.2, 0.25) is 0 Å². The molecule has 4 N–H and O–H groups in total. The SMILES string of the molecule is COc1ccc([C@@H]2[NH2+][C@H](C(=O)Nc3ccccc3)Cc3c2[nH]c2ccccc32)cc1. The number of aromatic amines is 1. The number of rotatable bonds is 4. The van der Waals surface area contributed by atoms with Crippen molar-refractivity contribution in [3.8, 4) is 5.75 Å². The molecule has 1 amide bonds. The maximum absolute atomic E-state index is 13.1. The molecule has 0 radical (unpaired) electrons. The summed E-state index contributed by atoms with van der Waals surface area (Å²) in [6.45, 7) is 0. The molecule has 1 aliphatic heterocycles. The predicted octanol–water partition coefficient (Wildman–Crippen LogP) is 3.39. The second-order valence-electron chi connectivity index (χ2n) is 7.67. The van der Waals surface area contributed by atoms with E-state index in [0.29, 0.717) is 6.42 Å². The fourth-order valence-corrected chi connectivity index (χ4v) is 4.35. The van der Waals surface area contributed by atoms with Gasteiger partial charge in [0.25, 0.3) is 5.91 Å². The fraction of sp³-hybridized carbons (Fsp3) is 0.160. The van der Waals surface area contributed by atoms with Crippen molar-refractivity contribution in [2.75, 3.05) is 12.4 Å². The van der Waals surface area contributed by atoms with E-state index in [0.717, 1.165) is 22.5 Å². The minimum Gasteiger partial charge on any atom is -0.497 e. The van der Waals surface area contributed by atoms with Gasteiger partial charge in [-0.15, -0.1) is 0 Å². The monoisotopic (exact) mass is 398 g/mol. The van der Waals surface area contributed by atoms with Gasteiger partial charge in [0, 0.05) is 28.6 Å². The Balaban J connectivity index is 1.53. The Hall–Kier alpha value is -3.57. The molecule has 0 saturated heterocycles. The van der Waals surface area contributed by atoms with Gasteiger partial charge in [-0.2, -0.15) is 0 Å². The standard InChI is InChI=1S/C25H23N3O2/c1-30-18-13-11-16(12-14-18)23-24-20(19-9-5-6-10-21(19)27-24)15-22(28-23)25(29)26-17-7-3-2-4-8-17/h2-14,22-23,27-28H,15H2,1H3,(H,26,29)/p+1/t22-,23-/m0/s1. The van der Waals surface area contributed by atoms with E-state index in [2.05, 4.69) is 45.9 Å². The number of carbonyl (C=O) groups excluding carboxylic acids is 1. The lowest BCUT2D eigenvalue weighted by molar-refractivity contribution is -0.711. The van der Waals surface area contributed by atoms with Crippen LogP contribution in [-0.2, 0) is 11.2 Å². The second kappa shape index (κ2) is 7.69. The van der Waals surface area contributed by atoms with E-state index >= 15 is 0 Å². The number of H-pyrrole nitrogens is 1. The topological polar surface area (TPSA) is 70.7 Å². The molecule has 1 aliphatic rings. The molecule has 0 saturated carbocycles. The largest absolute Gasteiger partial charge is 0.497 e. The highest BCUT2D eigenvalue weighted by molar-refractivity contribution is 5.95. The molecule has 5 heteroatoms. The van der Waals surface area contributed by atoms with Crippen molar-refractivity contribution in [1.29, 1.82) is 0 Å². The summed E-state index contributed by atoms with van der Waals surface area (Å²) in [4.78, 5) is 16.7. The van der Waals surface area contributed by atoms with Gasteiger partial charge in [0.05, 0.1) is 12.8 Å². The summed E-state index contributed by atoms with van der Waals surface area (Å²) >= 11 is 0. The first-order chi connectivity index (χ1) is 14.7. The summed E-state index contributed by atoms with van der Waals surface area (Å²) in [5.74, 6) is 0.848. The van der Waals surface area contributed by atoms with Gasteiger partial charge in [-0.25, -0.2) is 0 Å². The highest BCUT2D eigenvalue weighted by Crippen LogP contribution is 2.32. The normalized spacial score (nSPS) is 18.0. The molecule has 0 bridgehead atoms. The van der Waals surface area contributed by atoms with Crippen molar-refractivity contribution in [3.63, 3.8) is 0 Å². The zero-order chi connectivity index (χ0) is 20.5. The first kappa shape index (κ1) is 18.5. The third-order valence-electron chi connectivity index (χ3n) is 5.86. The van der Waals surface area contributed by atoms with E-state index in [4.69, 9.17) is 4.74 Å². The number of amides is 1. The van der Waals surface area contributed by atoms with Gasteiger partial charge >= 0.3 is 0 Å². The maximum Gasteiger partial charge on any atom is 0.282 e. The van der Waals surface area contributed by atoms with Crippen LogP contribution < -0.4 is 15.4 Å². The van der Waals surface area contributed by atoms with Crippen molar-refractivity contribution in [2.24, 2.45) is 0 Å². The zero-order valence-electron chi connectivity index (χ0n) is 16.8. The molecule has 2 atom stereocenters. The number of carbonyl (C=O) groups is 1. The van der Waals surface area contributed by atoms with Crippen molar-refractivity contribution in [1.82, 2.24) is 4.98 Å². The van der Waals surface area contributed by atoms with Crippen LogP contribution in [-0.4, -0.2) is 24.0 Å². The fourth-order valence-electron chi connectivity index (χ4n) is 4.35. The molecule has 1 aromatic heterocycles. The molecule has 3 aromatic carbocycles. The second-order valence-corrected chi connectivity index (χ2v) is 7.67. The van der Waals surface area contributed by atoms with Crippen molar-refractivity contribution < 1.29 is 14.8 Å². The quantitative estimate of drug-likeness (QED) is 0.493. The van der Waals surface area contributed by atoms with E-state index in [1.54, 1.807) is 7.11 Å². The van der Waals surface area contributed by atoms with Gasteiger partial charge in [0.2, 0.25) is 0 Å². The third kappa shape index (κ3) is 3.33. The summed E-state index contributed by atoms with van der Waals surface area (Å²) in [6.07, 6.45) is 0.685. The van der Waals surface area contributed by atoms with Crippen LogP contribution >= 0.6 is 0 Å². The molecule has 2 heterocycles. The zero-order valence-corrected chi connectivity index (χ0v) is 16.8. The van der Waals surface area contributed by atoms with E-state index in [9.17, 15) is 4.79 Å². The Morgan fingerprint density at radius 3 is 2.50 bits per heavy atom. The predicted molar refractivity (Wildman–Crippen MR) is 118 cm³/mol. The van der Waals surface area contributed by atoms with E-state index in [1.165, 1.54) is 16.6 Å². The van der Waals surface area contributed by atoms with Gasteiger partial charge in [-0.3, -0.25) is 4.79 Å². The maximum atomic E-state index is 13.1. The summed E-state index contributed by atoms with van der Waals surface area (Å²) in [7, 11) is 1.67. The number of para-hydroxylation sites is 2. The molecule has 0 fully saturated rings. The molecule has 0 aliphatic carbocycles. The smallest absolute Gasteiger partial charge is 0.282 e. The molecular formula is C25H24N3O2+. The molecule has 5 rings (SSSR count). The number of anilines is 1. The highest BCUT2D eigenvalue weighted by atomic mass is 16.5. The molecule has 0 unspecified atom stereocenters. The lowest BCUT2D eigenvalue weighted by Crippen LogP contribution is -2.95. The lowest BCUT2D eigenvalue weighted by Gasteiger charge is -2.28. The average molecular weight is 398 g/mol. The van der Waals surface area contributed by atoms with Crippen LogP contribution in [0.3, 0.4) is 0 Å². The van der Waals surface area contributed by atoms with Gasteiger partial charge in [0.15, 0.2) is 12.1 Å². The molecular weight excluding hydrogens is 374 g/mol. The Kier molecular flexibility index (Phi) is 4.73. The first-order valence-electron chi connectivity index (χ1n) is 10.2. The van der Waals surface area contributed by atoms with E-state index in [1.807, 2.05) is 48.5 Å². The highest BCUT2D eigenvalue weighted by Gasteiger charge is 2.37. The Morgan fingerprint density at radius 1 is 1.00 bits per heavy atom. The molecule has 5 nitrogen and oxygen atoms in total. The number of hydrogen-bond acceptors (Lipinski definition) is 2. The van der Waals surface area contributed by atoms with Crippen LogP contribution in [0.5, 0.6) is 5.75 Å². The molecule has 4 aromatic rings. The molecule has 0 spiro atoms. The van der Waals surface area contributed by atoms with Crippen LogP contribution in [0.4, 0.5) is 5.69 Å². The number of nitrogens with two attached hydrogens (primary N) is 1. The number of aromatic nitrogens is 1. The van der Waals surface area contributed by atoms with Crippen LogP contribution in [0.25, 0.3) is 10.9 Å². The lowest BCUT2D eigenvalue weighted by atomic mass is 9.90. The van der Waals surface area contributed by atoms with E-state index < -0.39 is 0 Å². The Labute approximate surface area is 175 Å². The minimum absolute atomic E-state index is 0.0126. The van der Waals surface area contributed by atoms with Crippen LogP contribution in [0, 0.1) is 0 Å². The number of ether oxygens (including phenoxy) is 1. The number of methoxy groups -OCH3 is 1. The van der Waals surface area contributed by atoms with Gasteiger partial charge < -0.3 is 20.4 Å². The van der Waals surface area contributed by atoms with Gasteiger partial charge in [-0.05, 0) is 48.0 Å². The Morgan fingerprint density at radius 2 is 1.73 bits per heavy atom. The third-order valence-corrected chi connectivity index (χ3v) is 5.86. The molecule has 30 heavy (non-hydrogen) atoms. The summed E-state index contributed by atoms with van der Waals surface area (Å²) in [6, 6.07) is 25.8. The Bertz CT molecular complexity index is 1180. The minimum atomic E-state index is -0.219.